The summed E-state index contributed by atoms with van der Waals surface area (Å²) in [6, 6.07) is 0.682. The zero-order valence-electron chi connectivity index (χ0n) is 10.4. The average Bonchev–Trinajstić information content (AvgIpc) is 2.72. The molecule has 0 aliphatic carbocycles. The van der Waals surface area contributed by atoms with Crippen molar-refractivity contribution >= 4 is 6.01 Å². The Balaban J connectivity index is 2.46. The highest BCUT2D eigenvalue weighted by Crippen LogP contribution is 2.13. The zero-order chi connectivity index (χ0) is 12.0. The Morgan fingerprint density at radius 1 is 1.38 bits per heavy atom. The van der Waals surface area contributed by atoms with Crippen LogP contribution in [0.15, 0.2) is 10.7 Å². The second-order valence-corrected chi connectivity index (χ2v) is 4.06. The lowest BCUT2D eigenvalue weighted by atomic mass is 10.3. The highest BCUT2D eigenvalue weighted by molar-refractivity contribution is 5.26. The third-order valence-corrected chi connectivity index (χ3v) is 2.43. The van der Waals surface area contributed by atoms with Crippen molar-refractivity contribution in [1.82, 2.24) is 9.88 Å². The van der Waals surface area contributed by atoms with Gasteiger partial charge in [0, 0.05) is 19.6 Å². The molecule has 0 bridgehead atoms. The number of oxazole rings is 1. The molecule has 0 unspecified atom stereocenters. The first-order valence-corrected chi connectivity index (χ1v) is 5.71. The van der Waals surface area contributed by atoms with E-state index in [1.807, 2.05) is 0 Å². The van der Waals surface area contributed by atoms with E-state index in [9.17, 15) is 0 Å². The van der Waals surface area contributed by atoms with Crippen molar-refractivity contribution in [3.05, 3.63) is 12.0 Å². The fourth-order valence-electron chi connectivity index (χ4n) is 1.50. The second kappa shape index (κ2) is 6.50. The monoisotopic (exact) mass is 226 g/mol. The molecule has 0 aliphatic rings. The lowest BCUT2D eigenvalue weighted by Gasteiger charge is -2.19. The van der Waals surface area contributed by atoms with Gasteiger partial charge in [-0.3, -0.25) is 0 Å². The van der Waals surface area contributed by atoms with Crippen LogP contribution in [0.25, 0.3) is 0 Å². The largest absolute Gasteiger partial charge is 0.432 e. The van der Waals surface area contributed by atoms with Crippen molar-refractivity contribution in [2.45, 2.75) is 19.9 Å². The van der Waals surface area contributed by atoms with E-state index in [1.54, 1.807) is 6.26 Å². The van der Waals surface area contributed by atoms with Crippen LogP contribution in [0.5, 0.6) is 0 Å². The number of nitrogens with zero attached hydrogens (tertiary/aromatic N) is 3. The Hall–Kier alpha value is -1.07. The summed E-state index contributed by atoms with van der Waals surface area (Å²) in [4.78, 5) is 8.62. The highest BCUT2D eigenvalue weighted by Gasteiger charge is 2.10. The maximum Gasteiger partial charge on any atom is 0.297 e. The number of hydrogen-bond donors (Lipinski definition) is 1. The van der Waals surface area contributed by atoms with Gasteiger partial charge in [-0.05, 0) is 34.0 Å². The fourth-order valence-corrected chi connectivity index (χ4v) is 1.50. The Bertz CT molecular complexity index is 298. The first-order valence-electron chi connectivity index (χ1n) is 5.71. The van der Waals surface area contributed by atoms with E-state index >= 15 is 0 Å². The lowest BCUT2D eigenvalue weighted by molar-refractivity contribution is 0.397. The van der Waals surface area contributed by atoms with Crippen LogP contribution in [0.3, 0.4) is 0 Å². The highest BCUT2D eigenvalue weighted by atomic mass is 16.4. The molecule has 92 valence electrons. The van der Waals surface area contributed by atoms with Crippen molar-refractivity contribution in [2.75, 3.05) is 38.6 Å². The van der Waals surface area contributed by atoms with Crippen LogP contribution in [-0.4, -0.2) is 43.6 Å². The van der Waals surface area contributed by atoms with Crippen LogP contribution < -0.4 is 10.6 Å². The third-order valence-electron chi connectivity index (χ3n) is 2.43. The van der Waals surface area contributed by atoms with Crippen molar-refractivity contribution in [3.63, 3.8) is 0 Å². The summed E-state index contributed by atoms with van der Waals surface area (Å²) < 4.78 is 5.39. The molecule has 0 atom stereocenters. The average molecular weight is 226 g/mol. The lowest BCUT2D eigenvalue weighted by Crippen LogP contribution is -2.27. The van der Waals surface area contributed by atoms with Crippen LogP contribution in [0.1, 0.15) is 19.0 Å². The molecule has 5 heteroatoms. The molecule has 1 aromatic heterocycles. The molecule has 2 N–H and O–H groups in total. The van der Waals surface area contributed by atoms with Gasteiger partial charge in [0.15, 0.2) is 0 Å². The van der Waals surface area contributed by atoms with E-state index in [0.29, 0.717) is 12.6 Å². The topological polar surface area (TPSA) is 58.5 Å². The molecule has 1 heterocycles. The smallest absolute Gasteiger partial charge is 0.297 e. The molecule has 0 aromatic carbocycles. The van der Waals surface area contributed by atoms with Gasteiger partial charge in [-0.15, -0.1) is 0 Å². The first kappa shape index (κ1) is 13.0. The minimum Gasteiger partial charge on any atom is -0.432 e. The molecule has 0 saturated carbocycles. The van der Waals surface area contributed by atoms with Crippen molar-refractivity contribution in [3.8, 4) is 0 Å². The van der Waals surface area contributed by atoms with E-state index in [-0.39, 0.29) is 0 Å². The second-order valence-electron chi connectivity index (χ2n) is 4.06. The minimum absolute atomic E-state index is 0.429. The van der Waals surface area contributed by atoms with Crippen LogP contribution in [0, 0.1) is 0 Å². The molecular weight excluding hydrogens is 204 g/mol. The van der Waals surface area contributed by atoms with Crippen molar-refractivity contribution < 1.29 is 4.42 Å². The predicted molar refractivity (Wildman–Crippen MR) is 65.5 cm³/mol. The van der Waals surface area contributed by atoms with Crippen LogP contribution in [0.4, 0.5) is 6.01 Å². The summed E-state index contributed by atoms with van der Waals surface area (Å²) in [5, 5.41) is 0. The van der Waals surface area contributed by atoms with Gasteiger partial charge in [-0.25, -0.2) is 0 Å². The summed E-state index contributed by atoms with van der Waals surface area (Å²) in [5.41, 5.74) is 6.30. The molecule has 16 heavy (non-hydrogen) atoms. The van der Waals surface area contributed by atoms with Crippen LogP contribution >= 0.6 is 0 Å². The Morgan fingerprint density at radius 3 is 2.62 bits per heavy atom. The van der Waals surface area contributed by atoms with E-state index in [2.05, 4.69) is 35.8 Å². The number of aromatic nitrogens is 1. The number of hydrogen-bond acceptors (Lipinski definition) is 5. The van der Waals surface area contributed by atoms with Gasteiger partial charge in [-0.2, -0.15) is 4.98 Å². The summed E-state index contributed by atoms with van der Waals surface area (Å²) in [6.45, 7) is 5.46. The molecule has 0 fully saturated rings. The quantitative estimate of drug-likeness (QED) is 0.749. The molecule has 0 saturated heterocycles. The maximum atomic E-state index is 5.50. The zero-order valence-corrected chi connectivity index (χ0v) is 10.4. The number of anilines is 1. The molecule has 0 spiro atoms. The predicted octanol–water partition coefficient (Wildman–Crippen LogP) is 0.911. The van der Waals surface area contributed by atoms with E-state index in [4.69, 9.17) is 10.2 Å². The molecular formula is C11H22N4O. The Kier molecular flexibility index (Phi) is 5.28. The normalized spacial score (nSPS) is 11.1. The van der Waals surface area contributed by atoms with Gasteiger partial charge in [0.25, 0.3) is 6.01 Å². The molecule has 5 nitrogen and oxygen atoms in total. The third kappa shape index (κ3) is 3.83. The van der Waals surface area contributed by atoms with E-state index < -0.39 is 0 Å². The molecule has 0 radical (unpaired) electrons. The molecule has 0 amide bonds. The molecule has 1 aromatic rings. The van der Waals surface area contributed by atoms with Crippen molar-refractivity contribution in [1.29, 1.82) is 0 Å². The number of rotatable bonds is 7. The molecule has 0 aliphatic heterocycles. The van der Waals surface area contributed by atoms with Gasteiger partial charge >= 0.3 is 0 Å². The summed E-state index contributed by atoms with van der Waals surface area (Å²) in [7, 11) is 4.15. The van der Waals surface area contributed by atoms with Gasteiger partial charge in [-0.1, -0.05) is 0 Å². The van der Waals surface area contributed by atoms with E-state index in [0.717, 1.165) is 31.7 Å². The Morgan fingerprint density at radius 2 is 2.12 bits per heavy atom. The first-order chi connectivity index (χ1) is 7.67. The van der Waals surface area contributed by atoms with Crippen LogP contribution in [0.2, 0.25) is 0 Å². The van der Waals surface area contributed by atoms with Gasteiger partial charge < -0.3 is 20.0 Å². The van der Waals surface area contributed by atoms with E-state index in [1.165, 1.54) is 0 Å². The van der Waals surface area contributed by atoms with Crippen molar-refractivity contribution in [2.24, 2.45) is 5.73 Å². The van der Waals surface area contributed by atoms with Gasteiger partial charge in [0.05, 0.1) is 5.69 Å². The molecule has 1 rings (SSSR count). The minimum atomic E-state index is 0.429. The SMILES string of the molecule is CCN(CCCN(C)C)c1nc(CN)co1. The summed E-state index contributed by atoms with van der Waals surface area (Å²) in [5.74, 6) is 0. The van der Waals surface area contributed by atoms with Gasteiger partial charge in [0.2, 0.25) is 0 Å². The standard InChI is InChI=1S/C11H22N4O/c1-4-15(7-5-6-14(2)3)11-13-10(8-12)9-16-11/h9H,4-8,12H2,1-3H3. The fraction of sp³-hybridized carbons (Fsp3) is 0.727. The Labute approximate surface area is 97.2 Å². The number of nitrogens with two attached hydrogens (primary N) is 1. The summed E-state index contributed by atoms with van der Waals surface area (Å²) in [6.07, 6.45) is 2.73. The summed E-state index contributed by atoms with van der Waals surface area (Å²) >= 11 is 0. The van der Waals surface area contributed by atoms with Crippen LogP contribution in [-0.2, 0) is 6.54 Å². The van der Waals surface area contributed by atoms with Gasteiger partial charge in [0.1, 0.15) is 6.26 Å². The maximum absolute atomic E-state index is 5.50.